The number of methoxy groups -OCH3 is 2. The van der Waals surface area contributed by atoms with Gasteiger partial charge < -0.3 is 19.5 Å². The lowest BCUT2D eigenvalue weighted by Crippen LogP contribution is -2.48. The molecule has 6 nitrogen and oxygen atoms in total. The van der Waals surface area contributed by atoms with Gasteiger partial charge in [0, 0.05) is 5.69 Å². The van der Waals surface area contributed by atoms with Gasteiger partial charge in [-0.25, -0.2) is 4.79 Å². The fraction of sp³-hybridized carbons (Fsp3) is 0.500. The number of nitrogens with one attached hydrogen (secondary N) is 1. The number of benzene rings is 1. The average Bonchev–Trinajstić information content (AvgIpc) is 2.52. The van der Waals surface area contributed by atoms with Gasteiger partial charge in [-0.05, 0) is 45.0 Å². The van der Waals surface area contributed by atoms with E-state index in [-0.39, 0.29) is 6.61 Å². The van der Waals surface area contributed by atoms with E-state index in [0.29, 0.717) is 11.4 Å². The number of carbonyl (C=O) groups is 2. The number of hydrogen-bond donors (Lipinski definition) is 1. The second-order valence-corrected chi connectivity index (χ2v) is 5.27. The smallest absolute Gasteiger partial charge is 0.329 e. The molecule has 0 fully saturated rings. The van der Waals surface area contributed by atoms with Crippen molar-refractivity contribution in [2.24, 2.45) is 5.41 Å². The molecular weight excluding hydrogens is 286 g/mol. The Morgan fingerprint density at radius 3 is 2.23 bits per heavy atom. The third kappa shape index (κ3) is 4.13. The summed E-state index contributed by atoms with van der Waals surface area (Å²) in [5, 5.41) is 3.04. The first kappa shape index (κ1) is 17.8. The summed E-state index contributed by atoms with van der Waals surface area (Å²) in [5.74, 6) is -0.300. The summed E-state index contributed by atoms with van der Waals surface area (Å²) in [6, 6.07) is 6.18. The maximum absolute atomic E-state index is 12.2. The normalized spacial score (nSPS) is 12.2. The van der Waals surface area contributed by atoms with Crippen LogP contribution in [0.3, 0.4) is 0 Å². The van der Waals surface area contributed by atoms with Gasteiger partial charge in [0.05, 0.1) is 26.2 Å². The molecule has 1 unspecified atom stereocenters. The molecule has 1 aromatic carbocycles. The predicted octanol–water partition coefficient (Wildman–Crippen LogP) is 2.24. The number of esters is 2. The Bertz CT molecular complexity index is 510. The highest BCUT2D eigenvalue weighted by molar-refractivity contribution is 5.89. The molecule has 0 radical (unpaired) electrons. The van der Waals surface area contributed by atoms with Crippen LogP contribution in [0, 0.1) is 5.41 Å². The van der Waals surface area contributed by atoms with Crippen LogP contribution in [0.5, 0.6) is 5.75 Å². The molecule has 0 heterocycles. The molecule has 0 saturated carbocycles. The van der Waals surface area contributed by atoms with E-state index in [0.717, 1.165) is 0 Å². The van der Waals surface area contributed by atoms with Crippen LogP contribution < -0.4 is 10.1 Å². The molecule has 1 N–H and O–H groups in total. The predicted molar refractivity (Wildman–Crippen MR) is 82.8 cm³/mol. The Labute approximate surface area is 130 Å². The first-order valence-electron chi connectivity index (χ1n) is 7.02. The van der Waals surface area contributed by atoms with E-state index in [1.165, 1.54) is 7.11 Å². The fourth-order valence-electron chi connectivity index (χ4n) is 1.99. The molecule has 0 spiro atoms. The molecular formula is C16H23NO5. The van der Waals surface area contributed by atoms with E-state index >= 15 is 0 Å². The van der Waals surface area contributed by atoms with Gasteiger partial charge in [0.25, 0.3) is 0 Å². The molecule has 1 atom stereocenters. The number of hydrogen-bond acceptors (Lipinski definition) is 6. The Hall–Kier alpha value is -2.24. The summed E-state index contributed by atoms with van der Waals surface area (Å²) in [6.07, 6.45) is 0. The zero-order chi connectivity index (χ0) is 16.8. The minimum atomic E-state index is -1.08. The zero-order valence-electron chi connectivity index (χ0n) is 13.6. The van der Waals surface area contributed by atoms with Crippen LogP contribution in [0.2, 0.25) is 0 Å². The molecule has 0 aliphatic carbocycles. The SMILES string of the molecule is CCOC(=O)C(Nc1ccc(OC)cc1)C(C)(C)C(=O)OC. The first-order valence-corrected chi connectivity index (χ1v) is 7.02. The fourth-order valence-corrected chi connectivity index (χ4v) is 1.99. The van der Waals surface area contributed by atoms with Crippen molar-refractivity contribution in [1.82, 2.24) is 0 Å². The number of ether oxygens (including phenoxy) is 3. The van der Waals surface area contributed by atoms with Crippen LogP contribution >= 0.6 is 0 Å². The maximum Gasteiger partial charge on any atom is 0.329 e. The molecule has 0 aliphatic heterocycles. The number of anilines is 1. The molecule has 0 amide bonds. The van der Waals surface area contributed by atoms with Gasteiger partial charge in [0.2, 0.25) is 0 Å². The monoisotopic (exact) mass is 309 g/mol. The molecule has 0 aliphatic rings. The van der Waals surface area contributed by atoms with E-state index < -0.39 is 23.4 Å². The summed E-state index contributed by atoms with van der Waals surface area (Å²) < 4.78 is 14.9. The third-order valence-electron chi connectivity index (χ3n) is 3.36. The van der Waals surface area contributed by atoms with Crippen LogP contribution in [-0.4, -0.2) is 38.8 Å². The summed E-state index contributed by atoms with van der Waals surface area (Å²) in [6.45, 7) is 5.22. The van der Waals surface area contributed by atoms with Crippen molar-refractivity contribution in [3.63, 3.8) is 0 Å². The van der Waals surface area contributed by atoms with Crippen molar-refractivity contribution >= 4 is 17.6 Å². The zero-order valence-corrected chi connectivity index (χ0v) is 13.6. The Morgan fingerprint density at radius 2 is 1.77 bits per heavy atom. The number of rotatable bonds is 7. The Morgan fingerprint density at radius 1 is 1.18 bits per heavy atom. The van der Waals surface area contributed by atoms with E-state index in [1.54, 1.807) is 52.1 Å². The van der Waals surface area contributed by atoms with Gasteiger partial charge in [0.15, 0.2) is 0 Å². The highest BCUT2D eigenvalue weighted by Gasteiger charge is 2.43. The molecule has 1 aromatic rings. The van der Waals surface area contributed by atoms with Gasteiger partial charge in [-0.15, -0.1) is 0 Å². The second kappa shape index (κ2) is 7.68. The van der Waals surface area contributed by atoms with Crippen molar-refractivity contribution < 1.29 is 23.8 Å². The molecule has 0 saturated heterocycles. The molecule has 0 aromatic heterocycles. The van der Waals surface area contributed by atoms with E-state index in [1.807, 2.05) is 0 Å². The quantitative estimate of drug-likeness (QED) is 0.779. The van der Waals surface area contributed by atoms with Gasteiger partial charge in [-0.3, -0.25) is 4.79 Å². The standard InChI is InChI=1S/C16H23NO5/c1-6-22-14(18)13(16(2,3)15(19)21-5)17-11-7-9-12(20-4)10-8-11/h7-10,13,17H,6H2,1-5H3. The summed E-state index contributed by atoms with van der Waals surface area (Å²) >= 11 is 0. The topological polar surface area (TPSA) is 73.9 Å². The van der Waals surface area contributed by atoms with Crippen molar-refractivity contribution in [3.05, 3.63) is 24.3 Å². The van der Waals surface area contributed by atoms with Crippen LogP contribution in [-0.2, 0) is 19.1 Å². The summed E-state index contributed by atoms with van der Waals surface area (Å²) in [5.41, 5.74) is -0.406. The Balaban J connectivity index is 3.04. The van der Waals surface area contributed by atoms with Crippen LogP contribution in [0.15, 0.2) is 24.3 Å². The maximum atomic E-state index is 12.2. The minimum Gasteiger partial charge on any atom is -0.497 e. The van der Waals surface area contributed by atoms with Gasteiger partial charge >= 0.3 is 11.9 Å². The van der Waals surface area contributed by atoms with Crippen molar-refractivity contribution in [1.29, 1.82) is 0 Å². The molecule has 6 heteroatoms. The minimum absolute atomic E-state index is 0.233. The largest absolute Gasteiger partial charge is 0.497 e. The second-order valence-electron chi connectivity index (χ2n) is 5.27. The van der Waals surface area contributed by atoms with E-state index in [9.17, 15) is 9.59 Å². The molecule has 122 valence electrons. The average molecular weight is 309 g/mol. The molecule has 1 rings (SSSR count). The van der Waals surface area contributed by atoms with Gasteiger partial charge in [-0.2, -0.15) is 0 Å². The van der Waals surface area contributed by atoms with Gasteiger partial charge in [0.1, 0.15) is 11.8 Å². The lowest BCUT2D eigenvalue weighted by molar-refractivity contribution is -0.159. The van der Waals surface area contributed by atoms with Crippen LogP contribution in [0.25, 0.3) is 0 Å². The lowest BCUT2D eigenvalue weighted by atomic mass is 9.84. The van der Waals surface area contributed by atoms with Crippen molar-refractivity contribution in [3.8, 4) is 5.75 Å². The summed E-state index contributed by atoms with van der Waals surface area (Å²) in [4.78, 5) is 24.2. The first-order chi connectivity index (χ1) is 10.4. The molecule has 0 bridgehead atoms. The van der Waals surface area contributed by atoms with E-state index in [2.05, 4.69) is 5.32 Å². The van der Waals surface area contributed by atoms with Crippen LogP contribution in [0.4, 0.5) is 5.69 Å². The molecule has 22 heavy (non-hydrogen) atoms. The Kier molecular flexibility index (Phi) is 6.22. The van der Waals surface area contributed by atoms with E-state index in [4.69, 9.17) is 14.2 Å². The van der Waals surface area contributed by atoms with Crippen LogP contribution in [0.1, 0.15) is 20.8 Å². The summed E-state index contributed by atoms with van der Waals surface area (Å²) in [7, 11) is 2.86. The highest BCUT2D eigenvalue weighted by Crippen LogP contribution is 2.27. The number of carbonyl (C=O) groups excluding carboxylic acids is 2. The highest BCUT2D eigenvalue weighted by atomic mass is 16.5. The van der Waals surface area contributed by atoms with Gasteiger partial charge in [-0.1, -0.05) is 0 Å². The third-order valence-corrected chi connectivity index (χ3v) is 3.36. The lowest BCUT2D eigenvalue weighted by Gasteiger charge is -2.31. The van der Waals surface area contributed by atoms with Crippen molar-refractivity contribution in [2.45, 2.75) is 26.8 Å². The van der Waals surface area contributed by atoms with Crippen molar-refractivity contribution in [2.75, 3.05) is 26.1 Å².